The maximum atomic E-state index is 11.8. The summed E-state index contributed by atoms with van der Waals surface area (Å²) in [5.41, 5.74) is 1.89. The van der Waals surface area contributed by atoms with Gasteiger partial charge in [0.1, 0.15) is 12.4 Å². The van der Waals surface area contributed by atoms with Crippen molar-refractivity contribution in [2.24, 2.45) is 0 Å². The molecule has 0 heterocycles. The number of halogens is 2. The van der Waals surface area contributed by atoms with E-state index in [1.54, 1.807) is 6.07 Å². The van der Waals surface area contributed by atoms with Gasteiger partial charge in [0.25, 0.3) is 6.43 Å². The highest BCUT2D eigenvalue weighted by Crippen LogP contribution is 2.19. The molecule has 80 valence electrons. The van der Waals surface area contributed by atoms with E-state index in [0.717, 1.165) is 11.1 Å². The van der Waals surface area contributed by atoms with Gasteiger partial charge in [0.15, 0.2) is 0 Å². The zero-order chi connectivity index (χ0) is 9.84. The van der Waals surface area contributed by atoms with E-state index in [-0.39, 0.29) is 6.15 Å². The largest absolute Gasteiger partial charge is 0.487 e. The lowest BCUT2D eigenvalue weighted by atomic mass is 10.1. The molecule has 0 aliphatic carbocycles. The Kier molecular flexibility index (Phi) is 5.09. The molecule has 0 spiro atoms. The second-order valence-electron chi connectivity index (χ2n) is 2.97. The van der Waals surface area contributed by atoms with E-state index in [1.165, 1.54) is 0 Å². The van der Waals surface area contributed by atoms with Crippen LogP contribution in [0.15, 0.2) is 18.2 Å². The van der Waals surface area contributed by atoms with Crippen LogP contribution >= 0.6 is 0 Å². The van der Waals surface area contributed by atoms with Crippen LogP contribution in [0, 0.1) is 13.8 Å². The molecule has 4 heteroatoms. The summed E-state index contributed by atoms with van der Waals surface area (Å²) >= 11 is 0. The average Bonchev–Trinajstić information content (AvgIpc) is 2.06. The Bertz CT molecular complexity index is 289. The maximum absolute atomic E-state index is 11.8. The molecule has 1 rings (SSSR count). The fourth-order valence-corrected chi connectivity index (χ4v) is 1.02. The zero-order valence-corrected chi connectivity index (χ0v) is 8.39. The topological polar surface area (TPSA) is 44.2 Å². The summed E-state index contributed by atoms with van der Waals surface area (Å²) in [5, 5.41) is 0. The first-order valence-corrected chi connectivity index (χ1v) is 4.08. The molecule has 0 unspecified atom stereocenters. The van der Waals surface area contributed by atoms with Gasteiger partial charge in [-0.1, -0.05) is 12.1 Å². The van der Waals surface area contributed by atoms with Crippen LogP contribution in [0.4, 0.5) is 8.78 Å². The highest BCUT2D eigenvalue weighted by atomic mass is 19.3. The van der Waals surface area contributed by atoms with Crippen LogP contribution in [0.25, 0.3) is 0 Å². The van der Waals surface area contributed by atoms with Gasteiger partial charge in [0.05, 0.1) is 0 Å². The van der Waals surface area contributed by atoms with Crippen molar-refractivity contribution in [3.05, 3.63) is 29.3 Å². The van der Waals surface area contributed by atoms with E-state index in [9.17, 15) is 8.78 Å². The number of alkyl halides is 2. The predicted molar refractivity (Wildman–Crippen MR) is 52.4 cm³/mol. The molecule has 1 aromatic rings. The number of hydrogen-bond donors (Lipinski definition) is 1. The van der Waals surface area contributed by atoms with Crippen LogP contribution in [0.2, 0.25) is 0 Å². The number of benzene rings is 1. The lowest BCUT2D eigenvalue weighted by Gasteiger charge is -2.08. The van der Waals surface area contributed by atoms with E-state index in [1.807, 2.05) is 26.0 Å². The number of aryl methyl sites for hydroxylation is 2. The summed E-state index contributed by atoms with van der Waals surface area (Å²) in [6.07, 6.45) is -2.42. The molecule has 0 saturated carbocycles. The molecule has 0 atom stereocenters. The first kappa shape index (κ1) is 12.8. The van der Waals surface area contributed by atoms with E-state index >= 15 is 0 Å². The standard InChI is InChI=1S/C10H12F2O.H3N/c1-7-3-4-8(2)9(5-7)13-6-10(11)12;/h3-5,10H,6H2,1-2H3;1H3. The van der Waals surface area contributed by atoms with Crippen molar-refractivity contribution in [3.63, 3.8) is 0 Å². The Morgan fingerprint density at radius 3 is 2.50 bits per heavy atom. The molecule has 1 aromatic carbocycles. The normalized spacial score (nSPS) is 9.79. The van der Waals surface area contributed by atoms with E-state index in [0.29, 0.717) is 5.75 Å². The van der Waals surface area contributed by atoms with E-state index in [2.05, 4.69) is 0 Å². The third-order valence-electron chi connectivity index (χ3n) is 1.71. The first-order valence-electron chi connectivity index (χ1n) is 4.08. The van der Waals surface area contributed by atoms with Gasteiger partial charge < -0.3 is 10.9 Å². The molecule has 14 heavy (non-hydrogen) atoms. The second kappa shape index (κ2) is 5.54. The molecule has 2 nitrogen and oxygen atoms in total. The molecule has 0 bridgehead atoms. The average molecular weight is 203 g/mol. The van der Waals surface area contributed by atoms with Gasteiger partial charge in [-0.15, -0.1) is 0 Å². The summed E-state index contributed by atoms with van der Waals surface area (Å²) in [7, 11) is 0. The summed E-state index contributed by atoms with van der Waals surface area (Å²) in [4.78, 5) is 0. The van der Waals surface area contributed by atoms with Crippen molar-refractivity contribution in [3.8, 4) is 5.75 Å². The minimum absolute atomic E-state index is 0. The molecule has 0 aliphatic heterocycles. The molecule has 0 fully saturated rings. The van der Waals surface area contributed by atoms with Gasteiger partial charge in [-0.25, -0.2) is 8.78 Å². The van der Waals surface area contributed by atoms with Crippen molar-refractivity contribution < 1.29 is 13.5 Å². The summed E-state index contributed by atoms with van der Waals surface area (Å²) in [5.74, 6) is 0.542. The van der Waals surface area contributed by atoms with Crippen LogP contribution in [0.3, 0.4) is 0 Å². The summed E-state index contributed by atoms with van der Waals surface area (Å²) in [6, 6.07) is 5.54. The molecular weight excluding hydrogens is 188 g/mol. The van der Waals surface area contributed by atoms with Crippen molar-refractivity contribution >= 4 is 0 Å². The molecule has 0 aliphatic rings. The summed E-state index contributed by atoms with van der Waals surface area (Å²) < 4.78 is 28.6. The van der Waals surface area contributed by atoms with Crippen LogP contribution in [0.1, 0.15) is 11.1 Å². The Morgan fingerprint density at radius 1 is 1.29 bits per heavy atom. The quantitative estimate of drug-likeness (QED) is 0.820. The fraction of sp³-hybridized carbons (Fsp3) is 0.400. The van der Waals surface area contributed by atoms with Gasteiger partial charge in [-0.05, 0) is 31.0 Å². The predicted octanol–water partition coefficient (Wildman–Crippen LogP) is 3.11. The lowest BCUT2D eigenvalue weighted by Crippen LogP contribution is -2.07. The van der Waals surface area contributed by atoms with Crippen molar-refractivity contribution in [1.29, 1.82) is 0 Å². The Morgan fingerprint density at radius 2 is 1.93 bits per heavy atom. The Hall–Kier alpha value is -1.16. The minimum atomic E-state index is -2.42. The fourth-order valence-electron chi connectivity index (χ4n) is 1.02. The molecule has 0 amide bonds. The Labute approximate surface area is 82.5 Å². The first-order chi connectivity index (χ1) is 6.09. The molecule has 0 radical (unpaired) electrons. The third kappa shape index (κ3) is 3.70. The molecule has 0 aromatic heterocycles. The second-order valence-corrected chi connectivity index (χ2v) is 2.97. The smallest absolute Gasteiger partial charge is 0.272 e. The van der Waals surface area contributed by atoms with Crippen molar-refractivity contribution in [1.82, 2.24) is 6.15 Å². The van der Waals surface area contributed by atoms with Crippen LogP contribution in [-0.2, 0) is 0 Å². The minimum Gasteiger partial charge on any atom is -0.487 e. The SMILES string of the molecule is Cc1ccc(C)c(OCC(F)F)c1.N. The molecule has 0 saturated heterocycles. The molecule has 3 N–H and O–H groups in total. The zero-order valence-electron chi connectivity index (χ0n) is 8.39. The van der Waals surface area contributed by atoms with Gasteiger partial charge in [0, 0.05) is 0 Å². The van der Waals surface area contributed by atoms with Crippen LogP contribution in [0.5, 0.6) is 5.75 Å². The van der Waals surface area contributed by atoms with Crippen molar-refractivity contribution in [2.45, 2.75) is 20.3 Å². The van der Waals surface area contributed by atoms with Gasteiger partial charge in [0.2, 0.25) is 0 Å². The van der Waals surface area contributed by atoms with Crippen LogP contribution < -0.4 is 10.9 Å². The number of hydrogen-bond acceptors (Lipinski definition) is 2. The monoisotopic (exact) mass is 203 g/mol. The van der Waals surface area contributed by atoms with E-state index < -0.39 is 13.0 Å². The lowest BCUT2D eigenvalue weighted by molar-refractivity contribution is 0.0815. The highest BCUT2D eigenvalue weighted by Gasteiger charge is 2.05. The number of ether oxygens (including phenoxy) is 1. The third-order valence-corrected chi connectivity index (χ3v) is 1.71. The van der Waals surface area contributed by atoms with Gasteiger partial charge >= 0.3 is 0 Å². The van der Waals surface area contributed by atoms with Crippen molar-refractivity contribution in [2.75, 3.05) is 6.61 Å². The highest BCUT2D eigenvalue weighted by molar-refractivity contribution is 5.35. The van der Waals surface area contributed by atoms with Crippen LogP contribution in [-0.4, -0.2) is 13.0 Å². The van der Waals surface area contributed by atoms with Gasteiger partial charge in [-0.3, -0.25) is 0 Å². The summed E-state index contributed by atoms with van der Waals surface area (Å²) in [6.45, 7) is 3.19. The van der Waals surface area contributed by atoms with Gasteiger partial charge in [-0.2, -0.15) is 0 Å². The molecular formula is C10H15F2NO. The number of rotatable bonds is 3. The Balaban J connectivity index is 0.00000169. The maximum Gasteiger partial charge on any atom is 0.272 e. The van der Waals surface area contributed by atoms with E-state index in [4.69, 9.17) is 4.74 Å².